The van der Waals surface area contributed by atoms with Crippen LogP contribution in [0.25, 0.3) is 0 Å². The van der Waals surface area contributed by atoms with Gasteiger partial charge in [0.1, 0.15) is 23.2 Å². The van der Waals surface area contributed by atoms with Gasteiger partial charge < -0.3 is 0 Å². The average Bonchev–Trinajstić information content (AvgIpc) is 2.86. The highest BCUT2D eigenvalue weighted by atomic mass is 31.2. The quantitative estimate of drug-likeness (QED) is 0.196. The molecule has 0 heterocycles. The van der Waals surface area contributed by atoms with Crippen LogP contribution in [0.3, 0.4) is 0 Å². The smallest absolute Gasteiger partial charge is 0.0856 e. The molecule has 0 bridgehead atoms. The van der Waals surface area contributed by atoms with E-state index in [1.807, 2.05) is 0 Å². The normalized spacial score (nSPS) is 12.5. The molecule has 0 aliphatic carbocycles. The average molecular weight is 468 g/mol. The SMILES string of the molecule is CC(C)=CCC/C(C)=C/CC/C(C)=C/C[P+](c1ccccc1)(c1ccccc1)c1ccccc1. The summed E-state index contributed by atoms with van der Waals surface area (Å²) in [5.74, 6) is 0. The maximum atomic E-state index is 2.52. The Bertz CT molecular complexity index is 988. The molecule has 34 heavy (non-hydrogen) atoms. The van der Waals surface area contributed by atoms with E-state index in [9.17, 15) is 0 Å². The van der Waals surface area contributed by atoms with Gasteiger partial charge in [-0.1, -0.05) is 83.5 Å². The van der Waals surface area contributed by atoms with Crippen LogP contribution in [0.4, 0.5) is 0 Å². The van der Waals surface area contributed by atoms with Gasteiger partial charge in [0.25, 0.3) is 0 Å². The highest BCUT2D eigenvalue weighted by Crippen LogP contribution is 2.55. The van der Waals surface area contributed by atoms with E-state index in [-0.39, 0.29) is 0 Å². The molecule has 0 N–H and O–H groups in total. The highest BCUT2D eigenvalue weighted by Gasteiger charge is 2.44. The second-order valence-corrected chi connectivity index (χ2v) is 13.0. The number of rotatable bonds is 11. The summed E-state index contributed by atoms with van der Waals surface area (Å²) in [6.07, 6.45) is 12.9. The van der Waals surface area contributed by atoms with Gasteiger partial charge in [0.2, 0.25) is 0 Å². The molecule has 3 rings (SSSR count). The van der Waals surface area contributed by atoms with Crippen LogP contribution in [0, 0.1) is 0 Å². The van der Waals surface area contributed by atoms with Gasteiger partial charge in [-0.25, -0.2) is 0 Å². The molecule has 0 aromatic heterocycles. The second kappa shape index (κ2) is 13.3. The lowest BCUT2D eigenvalue weighted by molar-refractivity contribution is 0.917. The molecule has 3 aromatic rings. The van der Waals surface area contributed by atoms with E-state index >= 15 is 0 Å². The van der Waals surface area contributed by atoms with Crippen molar-refractivity contribution in [1.82, 2.24) is 0 Å². The van der Waals surface area contributed by atoms with Gasteiger partial charge in [-0.2, -0.15) is 0 Å². The van der Waals surface area contributed by atoms with Crippen LogP contribution in [-0.4, -0.2) is 6.16 Å². The van der Waals surface area contributed by atoms with Crippen LogP contribution in [0.5, 0.6) is 0 Å². The fraction of sp³-hybridized carbons (Fsp3) is 0.273. The largest absolute Gasteiger partial charge is 0.115 e. The zero-order chi connectivity index (χ0) is 24.2. The molecular weight excluding hydrogens is 427 g/mol. The highest BCUT2D eigenvalue weighted by molar-refractivity contribution is 7.95. The topological polar surface area (TPSA) is 0 Å². The van der Waals surface area contributed by atoms with Crippen LogP contribution >= 0.6 is 7.26 Å². The molecule has 3 aromatic carbocycles. The molecule has 0 saturated carbocycles. The van der Waals surface area contributed by atoms with Gasteiger partial charge in [-0.15, -0.1) is 0 Å². The van der Waals surface area contributed by atoms with E-state index in [2.05, 4.69) is 137 Å². The van der Waals surface area contributed by atoms with Crippen molar-refractivity contribution in [2.75, 3.05) is 6.16 Å². The summed E-state index contributed by atoms with van der Waals surface area (Å²) >= 11 is 0. The lowest BCUT2D eigenvalue weighted by Crippen LogP contribution is -2.33. The zero-order valence-corrected chi connectivity index (χ0v) is 22.3. The van der Waals surface area contributed by atoms with Crippen molar-refractivity contribution in [2.24, 2.45) is 0 Å². The predicted molar refractivity (Wildman–Crippen MR) is 155 cm³/mol. The van der Waals surface area contributed by atoms with Gasteiger partial charge in [0.05, 0.1) is 6.16 Å². The molecule has 0 nitrogen and oxygen atoms in total. The van der Waals surface area contributed by atoms with E-state index in [1.165, 1.54) is 39.1 Å². The Kier molecular flexibility index (Phi) is 10.1. The molecule has 0 fully saturated rings. The Balaban J connectivity index is 1.87. The standard InChI is InChI=1S/C33H40P/c1-28(2)16-14-17-29(3)18-15-19-30(4)26-27-34(31-20-8-5-9-21-31,32-22-10-6-11-23-32)33-24-12-7-13-25-33/h5-13,16,18,20-26H,14-15,17,19,27H2,1-4H3/q+1/b29-18+,30-26+. The Morgan fingerprint density at radius 2 is 0.912 bits per heavy atom. The van der Waals surface area contributed by atoms with Gasteiger partial charge >= 0.3 is 0 Å². The monoisotopic (exact) mass is 467 g/mol. The molecule has 0 unspecified atom stereocenters. The third kappa shape index (κ3) is 7.15. The molecule has 0 spiro atoms. The Morgan fingerprint density at radius 3 is 1.32 bits per heavy atom. The lowest BCUT2D eigenvalue weighted by atomic mass is 10.1. The third-order valence-electron chi connectivity index (χ3n) is 6.43. The minimum atomic E-state index is -1.78. The van der Waals surface area contributed by atoms with Crippen molar-refractivity contribution in [3.05, 3.63) is 126 Å². The van der Waals surface area contributed by atoms with E-state index in [1.54, 1.807) is 0 Å². The van der Waals surface area contributed by atoms with Crippen LogP contribution in [0.15, 0.2) is 126 Å². The molecule has 0 atom stereocenters. The summed E-state index contributed by atoms with van der Waals surface area (Å²) in [7, 11) is -1.78. The van der Waals surface area contributed by atoms with Crippen LogP contribution in [0.1, 0.15) is 53.4 Å². The van der Waals surface area contributed by atoms with E-state index in [0.29, 0.717) is 0 Å². The second-order valence-electron chi connectivity index (χ2n) is 9.46. The van der Waals surface area contributed by atoms with Crippen molar-refractivity contribution >= 4 is 23.2 Å². The van der Waals surface area contributed by atoms with Gasteiger partial charge in [-0.05, 0) is 95.9 Å². The summed E-state index contributed by atoms with van der Waals surface area (Å²) in [6, 6.07) is 33.5. The molecule has 176 valence electrons. The third-order valence-corrected chi connectivity index (χ3v) is 10.7. The molecule has 1 heteroatoms. The summed E-state index contributed by atoms with van der Waals surface area (Å²) in [4.78, 5) is 0. The van der Waals surface area contributed by atoms with E-state index < -0.39 is 7.26 Å². The fourth-order valence-electron chi connectivity index (χ4n) is 4.44. The number of allylic oxidation sites excluding steroid dienone is 6. The minimum Gasteiger partial charge on any atom is -0.0856 e. The number of benzene rings is 3. The molecule has 0 radical (unpaired) electrons. The first kappa shape index (κ1) is 25.9. The van der Waals surface area contributed by atoms with Crippen molar-refractivity contribution in [1.29, 1.82) is 0 Å². The van der Waals surface area contributed by atoms with Gasteiger partial charge in [-0.3, -0.25) is 0 Å². The zero-order valence-electron chi connectivity index (χ0n) is 21.4. The predicted octanol–water partition coefficient (Wildman–Crippen LogP) is 8.40. The summed E-state index contributed by atoms with van der Waals surface area (Å²) in [6.45, 7) is 8.93. The Labute approximate surface area is 208 Å². The number of hydrogen-bond acceptors (Lipinski definition) is 0. The molecule has 0 amide bonds. The first-order valence-electron chi connectivity index (χ1n) is 12.5. The van der Waals surface area contributed by atoms with Crippen molar-refractivity contribution < 1.29 is 0 Å². The first-order valence-corrected chi connectivity index (χ1v) is 14.5. The minimum absolute atomic E-state index is 1.06. The van der Waals surface area contributed by atoms with Crippen LogP contribution < -0.4 is 15.9 Å². The molecule has 0 saturated heterocycles. The van der Waals surface area contributed by atoms with Gasteiger partial charge in [0.15, 0.2) is 0 Å². The van der Waals surface area contributed by atoms with Crippen molar-refractivity contribution in [2.45, 2.75) is 53.4 Å². The van der Waals surface area contributed by atoms with Crippen LogP contribution in [0.2, 0.25) is 0 Å². The maximum Gasteiger partial charge on any atom is 0.115 e. The first-order chi connectivity index (χ1) is 16.5. The fourth-order valence-corrected chi connectivity index (χ4v) is 8.60. The summed E-state index contributed by atoms with van der Waals surface area (Å²) in [5.41, 5.74) is 4.40. The number of hydrogen-bond donors (Lipinski definition) is 0. The van der Waals surface area contributed by atoms with Crippen molar-refractivity contribution in [3.63, 3.8) is 0 Å². The molecule has 0 aliphatic heterocycles. The van der Waals surface area contributed by atoms with E-state index in [4.69, 9.17) is 0 Å². The van der Waals surface area contributed by atoms with Gasteiger partial charge in [0, 0.05) is 0 Å². The Hall–Kier alpha value is -2.69. The Morgan fingerprint density at radius 1 is 0.529 bits per heavy atom. The molecule has 0 aliphatic rings. The van der Waals surface area contributed by atoms with Crippen molar-refractivity contribution in [3.8, 4) is 0 Å². The maximum absolute atomic E-state index is 2.52. The van der Waals surface area contributed by atoms with Crippen LogP contribution in [-0.2, 0) is 0 Å². The lowest BCUT2D eigenvalue weighted by Gasteiger charge is -2.27. The summed E-state index contributed by atoms with van der Waals surface area (Å²) in [5, 5.41) is 4.35. The molecular formula is C33H40P+. The van der Waals surface area contributed by atoms with E-state index in [0.717, 1.165) is 25.4 Å². The summed E-state index contributed by atoms with van der Waals surface area (Å²) < 4.78 is 0.